The number of furan rings is 1. The van der Waals surface area contributed by atoms with Crippen LogP contribution in [0.15, 0.2) is 76.0 Å². The van der Waals surface area contributed by atoms with Crippen molar-refractivity contribution in [3.8, 4) is 0 Å². The van der Waals surface area contributed by atoms with Gasteiger partial charge in [0.05, 0.1) is 4.90 Å². The van der Waals surface area contributed by atoms with E-state index in [1.165, 1.54) is 24.3 Å². The highest BCUT2D eigenvalue weighted by Crippen LogP contribution is 2.18. The number of nitrogens with one attached hydrogen (secondary N) is 2. The Morgan fingerprint density at radius 3 is 2.28 bits per heavy atom. The molecule has 2 aromatic carbocycles. The molecule has 8 nitrogen and oxygen atoms in total. The summed E-state index contributed by atoms with van der Waals surface area (Å²) in [5.41, 5.74) is 6.39. The minimum absolute atomic E-state index is 0.0234. The van der Waals surface area contributed by atoms with Crippen LogP contribution in [0.4, 0.5) is 10.5 Å². The SMILES string of the molecule is NC(=O)Nc1ccc(CNC(=O)c2ccc(CS(=O)(=O)c3ccccc3)o2)cc1. The molecule has 150 valence electrons. The van der Waals surface area contributed by atoms with Crippen LogP contribution >= 0.6 is 0 Å². The average Bonchev–Trinajstić information content (AvgIpc) is 3.15. The van der Waals surface area contributed by atoms with Gasteiger partial charge in [0.2, 0.25) is 0 Å². The van der Waals surface area contributed by atoms with Crippen molar-refractivity contribution in [3.63, 3.8) is 0 Å². The van der Waals surface area contributed by atoms with Gasteiger partial charge in [0.25, 0.3) is 5.91 Å². The van der Waals surface area contributed by atoms with Crippen molar-refractivity contribution in [1.82, 2.24) is 5.32 Å². The summed E-state index contributed by atoms with van der Waals surface area (Å²) in [6.45, 7) is 0.230. The Kier molecular flexibility index (Phi) is 5.99. The van der Waals surface area contributed by atoms with E-state index in [1.54, 1.807) is 42.5 Å². The molecule has 0 saturated carbocycles. The van der Waals surface area contributed by atoms with Gasteiger partial charge in [-0.1, -0.05) is 30.3 Å². The van der Waals surface area contributed by atoms with E-state index in [1.807, 2.05) is 0 Å². The van der Waals surface area contributed by atoms with Crippen LogP contribution in [-0.2, 0) is 22.1 Å². The van der Waals surface area contributed by atoms with Gasteiger partial charge in [0, 0.05) is 12.2 Å². The summed E-state index contributed by atoms with van der Waals surface area (Å²) in [5.74, 6) is -0.595. The van der Waals surface area contributed by atoms with Gasteiger partial charge in [-0.2, -0.15) is 0 Å². The molecule has 0 bridgehead atoms. The van der Waals surface area contributed by atoms with Crippen LogP contribution in [0, 0.1) is 0 Å². The molecule has 0 spiro atoms. The first-order valence-electron chi connectivity index (χ1n) is 8.63. The maximum atomic E-state index is 12.4. The van der Waals surface area contributed by atoms with Gasteiger partial charge in [-0.25, -0.2) is 13.2 Å². The van der Waals surface area contributed by atoms with Gasteiger partial charge >= 0.3 is 6.03 Å². The van der Waals surface area contributed by atoms with E-state index in [-0.39, 0.29) is 28.7 Å². The van der Waals surface area contributed by atoms with Crippen molar-refractivity contribution < 1.29 is 22.4 Å². The molecule has 0 unspecified atom stereocenters. The molecule has 0 radical (unpaired) electrons. The zero-order valence-corrected chi connectivity index (χ0v) is 16.1. The van der Waals surface area contributed by atoms with Gasteiger partial charge in [-0.15, -0.1) is 0 Å². The normalized spacial score (nSPS) is 11.0. The third kappa shape index (κ3) is 5.45. The summed E-state index contributed by atoms with van der Waals surface area (Å²) in [6, 6.07) is 17.1. The fourth-order valence-corrected chi connectivity index (χ4v) is 3.86. The molecule has 0 saturated heterocycles. The third-order valence-corrected chi connectivity index (χ3v) is 5.65. The number of urea groups is 1. The number of sulfone groups is 1. The van der Waals surface area contributed by atoms with E-state index in [0.29, 0.717) is 5.69 Å². The van der Waals surface area contributed by atoms with Gasteiger partial charge in [0.15, 0.2) is 15.6 Å². The second-order valence-electron chi connectivity index (χ2n) is 6.21. The Balaban J connectivity index is 1.59. The summed E-state index contributed by atoms with van der Waals surface area (Å²) in [7, 11) is -3.56. The smallest absolute Gasteiger partial charge is 0.316 e. The van der Waals surface area contributed by atoms with Crippen LogP contribution in [0.25, 0.3) is 0 Å². The Morgan fingerprint density at radius 1 is 0.931 bits per heavy atom. The van der Waals surface area contributed by atoms with Crippen molar-refractivity contribution >= 4 is 27.5 Å². The summed E-state index contributed by atoms with van der Waals surface area (Å²) < 4.78 is 30.2. The topological polar surface area (TPSA) is 132 Å². The van der Waals surface area contributed by atoms with E-state index in [9.17, 15) is 18.0 Å². The van der Waals surface area contributed by atoms with Crippen LogP contribution in [-0.4, -0.2) is 20.4 Å². The Hall–Kier alpha value is -3.59. The van der Waals surface area contributed by atoms with Crippen LogP contribution in [0.2, 0.25) is 0 Å². The summed E-state index contributed by atoms with van der Waals surface area (Å²) in [4.78, 5) is 23.2. The highest BCUT2D eigenvalue weighted by molar-refractivity contribution is 7.90. The number of nitrogens with two attached hydrogens (primary N) is 1. The molecule has 0 fully saturated rings. The lowest BCUT2D eigenvalue weighted by atomic mass is 10.2. The highest BCUT2D eigenvalue weighted by atomic mass is 32.2. The lowest BCUT2D eigenvalue weighted by molar-refractivity contribution is 0.0921. The molecule has 1 heterocycles. The molecule has 0 aliphatic heterocycles. The fourth-order valence-electron chi connectivity index (χ4n) is 2.59. The Labute approximate surface area is 167 Å². The molecular weight excluding hydrogens is 394 g/mol. The molecule has 0 atom stereocenters. The average molecular weight is 413 g/mol. The maximum Gasteiger partial charge on any atom is 0.316 e. The molecule has 0 aliphatic rings. The van der Waals surface area contributed by atoms with E-state index in [4.69, 9.17) is 10.2 Å². The molecular formula is C20H19N3O5S. The molecule has 9 heteroatoms. The van der Waals surface area contributed by atoms with Crippen molar-refractivity contribution in [3.05, 3.63) is 83.8 Å². The number of hydrogen-bond donors (Lipinski definition) is 3. The second-order valence-corrected chi connectivity index (χ2v) is 8.20. The van der Waals surface area contributed by atoms with E-state index in [2.05, 4.69) is 10.6 Å². The number of carbonyl (C=O) groups excluding carboxylic acids is 2. The van der Waals surface area contributed by atoms with Gasteiger partial charge in [-0.05, 0) is 42.0 Å². The zero-order chi connectivity index (χ0) is 20.9. The molecule has 3 rings (SSSR count). The Morgan fingerprint density at radius 2 is 1.62 bits per heavy atom. The van der Waals surface area contributed by atoms with Crippen molar-refractivity contribution in [2.24, 2.45) is 5.73 Å². The summed E-state index contributed by atoms with van der Waals surface area (Å²) in [5, 5.41) is 5.13. The molecule has 4 N–H and O–H groups in total. The first-order valence-corrected chi connectivity index (χ1v) is 10.3. The lowest BCUT2D eigenvalue weighted by Crippen LogP contribution is -2.22. The van der Waals surface area contributed by atoms with Crippen molar-refractivity contribution in [2.75, 3.05) is 5.32 Å². The minimum atomic E-state index is -3.56. The molecule has 0 aliphatic carbocycles. The number of primary amides is 1. The summed E-state index contributed by atoms with van der Waals surface area (Å²) >= 11 is 0. The van der Waals surface area contributed by atoms with Crippen molar-refractivity contribution in [2.45, 2.75) is 17.2 Å². The first-order chi connectivity index (χ1) is 13.8. The van der Waals surface area contributed by atoms with Gasteiger partial charge < -0.3 is 20.8 Å². The van der Waals surface area contributed by atoms with Crippen LogP contribution in [0.5, 0.6) is 0 Å². The number of benzene rings is 2. The number of rotatable bonds is 7. The quantitative estimate of drug-likeness (QED) is 0.548. The maximum absolute atomic E-state index is 12.4. The zero-order valence-electron chi connectivity index (χ0n) is 15.3. The number of amides is 3. The number of carbonyl (C=O) groups is 2. The molecule has 3 amide bonds. The minimum Gasteiger partial charge on any atom is -0.455 e. The van der Waals surface area contributed by atoms with Crippen LogP contribution in [0.1, 0.15) is 21.9 Å². The van der Waals surface area contributed by atoms with Gasteiger partial charge in [0.1, 0.15) is 11.5 Å². The predicted octanol–water partition coefficient (Wildman–Crippen LogP) is 2.67. The molecule has 3 aromatic rings. The van der Waals surface area contributed by atoms with Crippen molar-refractivity contribution in [1.29, 1.82) is 0 Å². The fraction of sp³-hybridized carbons (Fsp3) is 0.100. The van der Waals surface area contributed by atoms with Gasteiger partial charge in [-0.3, -0.25) is 4.79 Å². The second kappa shape index (κ2) is 8.61. The molecule has 29 heavy (non-hydrogen) atoms. The van der Waals surface area contributed by atoms with E-state index < -0.39 is 21.8 Å². The summed E-state index contributed by atoms with van der Waals surface area (Å²) in [6.07, 6.45) is 0. The predicted molar refractivity (Wildman–Crippen MR) is 107 cm³/mol. The van der Waals surface area contributed by atoms with Crippen LogP contribution < -0.4 is 16.4 Å². The number of anilines is 1. The molecule has 1 aromatic heterocycles. The monoisotopic (exact) mass is 413 g/mol. The largest absolute Gasteiger partial charge is 0.455 e. The van der Waals surface area contributed by atoms with E-state index in [0.717, 1.165) is 5.56 Å². The number of hydrogen-bond acceptors (Lipinski definition) is 5. The van der Waals surface area contributed by atoms with E-state index >= 15 is 0 Å². The first kappa shape index (κ1) is 20.2. The lowest BCUT2D eigenvalue weighted by Gasteiger charge is -2.06. The highest BCUT2D eigenvalue weighted by Gasteiger charge is 2.19. The standard InChI is InChI=1S/C20H19N3O5S/c21-20(25)23-15-8-6-14(7-9-15)12-22-19(24)18-11-10-16(28-18)13-29(26,27)17-4-2-1-3-5-17/h1-11H,12-13H2,(H,22,24)(H3,21,23,25). The third-order valence-electron chi connectivity index (χ3n) is 3.99. The van der Waals surface area contributed by atoms with Crippen LogP contribution in [0.3, 0.4) is 0 Å². The Bertz CT molecular complexity index is 1110.